The van der Waals surface area contributed by atoms with E-state index in [1.54, 1.807) is 26.2 Å². The number of hydrogen-bond donors (Lipinski definition) is 1. The van der Waals surface area contributed by atoms with E-state index in [1.807, 2.05) is 42.5 Å². The summed E-state index contributed by atoms with van der Waals surface area (Å²) in [6, 6.07) is 16.4. The molecule has 0 bridgehead atoms. The Labute approximate surface area is 118 Å². The van der Waals surface area contributed by atoms with Gasteiger partial charge in [0.05, 0.1) is 7.11 Å². The van der Waals surface area contributed by atoms with Gasteiger partial charge in [0.1, 0.15) is 11.5 Å². The van der Waals surface area contributed by atoms with E-state index >= 15 is 0 Å². The average Bonchev–Trinajstić information content (AvgIpc) is 2.48. The number of methoxy groups -OCH3 is 1. The molecule has 0 aliphatic rings. The zero-order chi connectivity index (χ0) is 14.4. The highest BCUT2D eigenvalue weighted by Crippen LogP contribution is 2.17. The minimum atomic E-state index is -0.580. The standard InChI is InChI=1S/C16H17NO3/c1-12(20-14-8-4-3-5-9-14)16(18)17-13-7-6-10-15(11-13)19-2/h3-12H,1-2H3,(H,17,18)/t12-/m0/s1. The first-order valence-electron chi connectivity index (χ1n) is 6.35. The van der Waals surface area contributed by atoms with Gasteiger partial charge in [-0.15, -0.1) is 0 Å². The van der Waals surface area contributed by atoms with Crippen LogP contribution in [0.5, 0.6) is 11.5 Å². The number of anilines is 1. The van der Waals surface area contributed by atoms with E-state index < -0.39 is 6.10 Å². The number of amides is 1. The zero-order valence-corrected chi connectivity index (χ0v) is 11.5. The van der Waals surface area contributed by atoms with Crippen molar-refractivity contribution in [2.24, 2.45) is 0 Å². The van der Waals surface area contributed by atoms with E-state index in [0.717, 1.165) is 0 Å². The molecule has 0 fully saturated rings. The minimum Gasteiger partial charge on any atom is -0.497 e. The predicted octanol–water partition coefficient (Wildman–Crippen LogP) is 3.10. The van der Waals surface area contributed by atoms with E-state index in [-0.39, 0.29) is 5.91 Å². The van der Waals surface area contributed by atoms with Gasteiger partial charge in [-0.3, -0.25) is 4.79 Å². The summed E-state index contributed by atoms with van der Waals surface area (Å²) < 4.78 is 10.7. The molecule has 0 radical (unpaired) electrons. The largest absolute Gasteiger partial charge is 0.497 e. The summed E-state index contributed by atoms with van der Waals surface area (Å²) in [5, 5.41) is 2.79. The molecule has 0 heterocycles. The second-order valence-corrected chi connectivity index (χ2v) is 4.29. The Bertz CT molecular complexity index is 569. The summed E-state index contributed by atoms with van der Waals surface area (Å²) in [7, 11) is 1.59. The molecule has 0 aliphatic carbocycles. The van der Waals surface area contributed by atoms with Gasteiger partial charge in [-0.05, 0) is 31.2 Å². The molecule has 2 aromatic rings. The molecule has 1 amide bonds. The number of carbonyl (C=O) groups is 1. The second kappa shape index (κ2) is 6.61. The van der Waals surface area contributed by atoms with Crippen LogP contribution in [0.2, 0.25) is 0 Å². The molecule has 0 unspecified atom stereocenters. The van der Waals surface area contributed by atoms with Crippen molar-refractivity contribution in [2.75, 3.05) is 12.4 Å². The maximum absolute atomic E-state index is 12.0. The van der Waals surface area contributed by atoms with Gasteiger partial charge < -0.3 is 14.8 Å². The van der Waals surface area contributed by atoms with Crippen molar-refractivity contribution >= 4 is 11.6 Å². The first kappa shape index (κ1) is 13.9. The van der Waals surface area contributed by atoms with Crippen molar-refractivity contribution in [3.63, 3.8) is 0 Å². The molecule has 20 heavy (non-hydrogen) atoms. The van der Waals surface area contributed by atoms with Crippen LogP contribution in [0.25, 0.3) is 0 Å². The van der Waals surface area contributed by atoms with E-state index in [4.69, 9.17) is 9.47 Å². The minimum absolute atomic E-state index is 0.206. The maximum atomic E-state index is 12.0. The van der Waals surface area contributed by atoms with Crippen molar-refractivity contribution in [2.45, 2.75) is 13.0 Å². The van der Waals surface area contributed by atoms with Gasteiger partial charge in [0, 0.05) is 11.8 Å². The third-order valence-electron chi connectivity index (χ3n) is 2.76. The number of carbonyl (C=O) groups excluding carboxylic acids is 1. The monoisotopic (exact) mass is 271 g/mol. The Morgan fingerprint density at radius 3 is 2.45 bits per heavy atom. The topological polar surface area (TPSA) is 47.6 Å². The first-order valence-corrected chi connectivity index (χ1v) is 6.35. The molecular formula is C16H17NO3. The lowest BCUT2D eigenvalue weighted by Crippen LogP contribution is -2.30. The highest BCUT2D eigenvalue weighted by atomic mass is 16.5. The summed E-state index contributed by atoms with van der Waals surface area (Å²) in [6.07, 6.45) is -0.580. The van der Waals surface area contributed by atoms with Crippen molar-refractivity contribution in [1.29, 1.82) is 0 Å². The van der Waals surface area contributed by atoms with Crippen molar-refractivity contribution in [1.82, 2.24) is 0 Å². The van der Waals surface area contributed by atoms with Crippen LogP contribution in [0, 0.1) is 0 Å². The van der Waals surface area contributed by atoms with Crippen LogP contribution < -0.4 is 14.8 Å². The lowest BCUT2D eigenvalue weighted by molar-refractivity contribution is -0.122. The number of rotatable bonds is 5. The van der Waals surface area contributed by atoms with Crippen molar-refractivity contribution in [3.8, 4) is 11.5 Å². The normalized spacial score (nSPS) is 11.5. The van der Waals surface area contributed by atoms with Crippen molar-refractivity contribution in [3.05, 3.63) is 54.6 Å². The van der Waals surface area contributed by atoms with Gasteiger partial charge in [0.15, 0.2) is 6.10 Å². The first-order chi connectivity index (χ1) is 9.69. The molecule has 0 spiro atoms. The molecule has 0 aromatic heterocycles. The van der Waals surface area contributed by atoms with E-state index in [2.05, 4.69) is 5.32 Å². The Hall–Kier alpha value is -2.49. The molecule has 0 saturated heterocycles. The molecule has 2 aromatic carbocycles. The van der Waals surface area contributed by atoms with Crippen LogP contribution in [0.4, 0.5) is 5.69 Å². The average molecular weight is 271 g/mol. The van der Waals surface area contributed by atoms with Gasteiger partial charge >= 0.3 is 0 Å². The van der Waals surface area contributed by atoms with Crippen LogP contribution in [0.1, 0.15) is 6.92 Å². The van der Waals surface area contributed by atoms with Gasteiger partial charge in [-0.25, -0.2) is 0 Å². The summed E-state index contributed by atoms with van der Waals surface area (Å²) >= 11 is 0. The second-order valence-electron chi connectivity index (χ2n) is 4.29. The molecular weight excluding hydrogens is 254 g/mol. The molecule has 1 N–H and O–H groups in total. The summed E-state index contributed by atoms with van der Waals surface area (Å²) in [5.41, 5.74) is 0.679. The van der Waals surface area contributed by atoms with E-state index in [0.29, 0.717) is 17.2 Å². The van der Waals surface area contributed by atoms with E-state index in [1.165, 1.54) is 0 Å². The number of para-hydroxylation sites is 1. The molecule has 4 nitrogen and oxygen atoms in total. The summed E-state index contributed by atoms with van der Waals surface area (Å²) in [5.74, 6) is 1.15. The number of benzene rings is 2. The Morgan fingerprint density at radius 2 is 1.75 bits per heavy atom. The van der Waals surface area contributed by atoms with Crippen LogP contribution in [-0.2, 0) is 4.79 Å². The molecule has 2 rings (SSSR count). The summed E-state index contributed by atoms with van der Waals surface area (Å²) in [6.45, 7) is 1.71. The lowest BCUT2D eigenvalue weighted by Gasteiger charge is -2.15. The fraction of sp³-hybridized carbons (Fsp3) is 0.188. The fourth-order valence-electron chi connectivity index (χ4n) is 1.70. The SMILES string of the molecule is COc1cccc(NC(=O)[C@H](C)Oc2ccccc2)c1. The van der Waals surface area contributed by atoms with E-state index in [9.17, 15) is 4.79 Å². The molecule has 1 atom stereocenters. The smallest absolute Gasteiger partial charge is 0.265 e. The third kappa shape index (κ3) is 3.75. The predicted molar refractivity (Wildman–Crippen MR) is 78.2 cm³/mol. The highest BCUT2D eigenvalue weighted by molar-refractivity contribution is 5.94. The molecule has 4 heteroatoms. The highest BCUT2D eigenvalue weighted by Gasteiger charge is 2.14. The Kier molecular flexibility index (Phi) is 4.60. The Balaban J connectivity index is 1.97. The number of hydrogen-bond acceptors (Lipinski definition) is 3. The Morgan fingerprint density at radius 1 is 1.05 bits per heavy atom. The number of nitrogens with one attached hydrogen (secondary N) is 1. The van der Waals surface area contributed by atoms with Gasteiger partial charge in [0.25, 0.3) is 5.91 Å². The van der Waals surface area contributed by atoms with Crippen LogP contribution >= 0.6 is 0 Å². The summed E-state index contributed by atoms with van der Waals surface area (Å²) in [4.78, 5) is 12.0. The zero-order valence-electron chi connectivity index (χ0n) is 11.5. The van der Waals surface area contributed by atoms with Gasteiger partial charge in [-0.1, -0.05) is 24.3 Å². The van der Waals surface area contributed by atoms with Crippen LogP contribution in [-0.4, -0.2) is 19.1 Å². The van der Waals surface area contributed by atoms with Crippen molar-refractivity contribution < 1.29 is 14.3 Å². The molecule has 0 saturated carbocycles. The molecule has 104 valence electrons. The third-order valence-corrected chi connectivity index (χ3v) is 2.76. The quantitative estimate of drug-likeness (QED) is 0.909. The van der Waals surface area contributed by atoms with Gasteiger partial charge in [-0.2, -0.15) is 0 Å². The lowest BCUT2D eigenvalue weighted by atomic mass is 10.2. The maximum Gasteiger partial charge on any atom is 0.265 e. The number of ether oxygens (including phenoxy) is 2. The fourth-order valence-corrected chi connectivity index (χ4v) is 1.70. The molecule has 0 aliphatic heterocycles. The van der Waals surface area contributed by atoms with Gasteiger partial charge in [0.2, 0.25) is 0 Å². The van der Waals surface area contributed by atoms with Crippen LogP contribution in [0.3, 0.4) is 0 Å². The van der Waals surface area contributed by atoms with Crippen LogP contribution in [0.15, 0.2) is 54.6 Å².